The Morgan fingerprint density at radius 2 is 1.84 bits per heavy atom. The first-order chi connectivity index (χ1) is 9.33. The summed E-state index contributed by atoms with van der Waals surface area (Å²) in [5.74, 6) is 0.957. The number of hydrogen-bond acceptors (Lipinski definition) is 2. The number of hydrogen-bond donors (Lipinski definition) is 1. The maximum atomic E-state index is 12.2. The Hall–Kier alpha value is -1.90. The Kier molecular flexibility index (Phi) is 3.45. The van der Waals surface area contributed by atoms with E-state index in [1.54, 1.807) is 0 Å². The Labute approximate surface area is 113 Å². The average molecular weight is 254 g/mol. The number of rotatable bonds is 2. The van der Waals surface area contributed by atoms with Gasteiger partial charge in [-0.15, -0.1) is 0 Å². The van der Waals surface area contributed by atoms with Crippen LogP contribution in [0.25, 0.3) is 10.9 Å². The minimum atomic E-state index is 0.127. The van der Waals surface area contributed by atoms with Crippen molar-refractivity contribution in [2.24, 2.45) is 5.92 Å². The highest BCUT2D eigenvalue weighted by molar-refractivity contribution is 5.93. The Bertz CT molecular complexity index is 588. The van der Waals surface area contributed by atoms with Gasteiger partial charge in [0.1, 0.15) is 5.82 Å². The van der Waals surface area contributed by atoms with Gasteiger partial charge in [-0.1, -0.05) is 37.5 Å². The molecule has 0 atom stereocenters. The SMILES string of the molecule is O=C(Nc1ccc2ccccc2n1)C1CCCCC1. The number of fused-ring (bicyclic) bond motifs is 1. The smallest absolute Gasteiger partial charge is 0.228 e. The molecule has 0 spiro atoms. The number of aromatic nitrogens is 1. The topological polar surface area (TPSA) is 42.0 Å². The molecule has 1 fully saturated rings. The fourth-order valence-corrected chi connectivity index (χ4v) is 2.73. The molecule has 2 aromatic rings. The molecule has 0 bridgehead atoms. The molecule has 0 unspecified atom stereocenters. The number of anilines is 1. The largest absolute Gasteiger partial charge is 0.310 e. The summed E-state index contributed by atoms with van der Waals surface area (Å²) < 4.78 is 0. The summed E-state index contributed by atoms with van der Waals surface area (Å²) in [4.78, 5) is 16.6. The van der Waals surface area contributed by atoms with Crippen molar-refractivity contribution in [3.63, 3.8) is 0 Å². The second kappa shape index (κ2) is 5.39. The van der Waals surface area contributed by atoms with Crippen LogP contribution in [0.1, 0.15) is 32.1 Å². The molecule has 1 amide bonds. The standard InChI is InChI=1S/C16H18N2O/c19-16(13-7-2-1-3-8-13)18-15-11-10-12-6-4-5-9-14(12)17-15/h4-6,9-11,13H,1-3,7-8H2,(H,17,18,19). The normalized spacial score (nSPS) is 16.4. The molecule has 1 aromatic heterocycles. The molecule has 1 aromatic carbocycles. The molecular formula is C16H18N2O. The zero-order valence-corrected chi connectivity index (χ0v) is 10.9. The summed E-state index contributed by atoms with van der Waals surface area (Å²) in [5.41, 5.74) is 0.920. The van der Waals surface area contributed by atoms with Crippen LogP contribution in [0, 0.1) is 5.92 Å². The van der Waals surface area contributed by atoms with Gasteiger partial charge in [0.05, 0.1) is 5.52 Å². The van der Waals surface area contributed by atoms with Gasteiger partial charge in [-0.2, -0.15) is 0 Å². The number of carbonyl (C=O) groups excluding carboxylic acids is 1. The quantitative estimate of drug-likeness (QED) is 0.886. The van der Waals surface area contributed by atoms with Gasteiger partial charge in [0.2, 0.25) is 5.91 Å². The van der Waals surface area contributed by atoms with E-state index in [4.69, 9.17) is 0 Å². The zero-order chi connectivity index (χ0) is 13.1. The molecule has 0 radical (unpaired) electrons. The highest BCUT2D eigenvalue weighted by Crippen LogP contribution is 2.25. The molecule has 98 valence electrons. The van der Waals surface area contributed by atoms with Crippen molar-refractivity contribution >= 4 is 22.6 Å². The van der Waals surface area contributed by atoms with Crippen molar-refractivity contribution in [2.45, 2.75) is 32.1 Å². The monoisotopic (exact) mass is 254 g/mol. The third kappa shape index (κ3) is 2.75. The van der Waals surface area contributed by atoms with Crippen LogP contribution in [-0.2, 0) is 4.79 Å². The zero-order valence-electron chi connectivity index (χ0n) is 10.9. The van der Waals surface area contributed by atoms with Crippen LogP contribution < -0.4 is 5.32 Å². The van der Waals surface area contributed by atoms with Crippen LogP contribution >= 0.6 is 0 Å². The van der Waals surface area contributed by atoms with E-state index < -0.39 is 0 Å². The van der Waals surface area contributed by atoms with Crippen molar-refractivity contribution in [2.75, 3.05) is 5.32 Å². The summed E-state index contributed by atoms with van der Waals surface area (Å²) in [7, 11) is 0. The fraction of sp³-hybridized carbons (Fsp3) is 0.375. The van der Waals surface area contributed by atoms with E-state index in [0.29, 0.717) is 5.82 Å². The number of carbonyl (C=O) groups is 1. The van der Waals surface area contributed by atoms with Crippen LogP contribution in [0.3, 0.4) is 0 Å². The lowest BCUT2D eigenvalue weighted by atomic mass is 9.89. The summed E-state index contributed by atoms with van der Waals surface area (Å²) in [5, 5.41) is 4.05. The molecule has 1 saturated carbocycles. The predicted molar refractivity (Wildman–Crippen MR) is 76.9 cm³/mol. The third-order valence-corrected chi connectivity index (χ3v) is 3.83. The number of amides is 1. The molecule has 1 heterocycles. The summed E-state index contributed by atoms with van der Waals surface area (Å²) >= 11 is 0. The van der Waals surface area contributed by atoms with Gasteiger partial charge >= 0.3 is 0 Å². The maximum Gasteiger partial charge on any atom is 0.228 e. The van der Waals surface area contributed by atoms with Crippen molar-refractivity contribution in [3.8, 4) is 0 Å². The fourth-order valence-electron chi connectivity index (χ4n) is 2.73. The molecule has 3 rings (SSSR count). The molecule has 3 heteroatoms. The van der Waals surface area contributed by atoms with E-state index in [0.717, 1.165) is 23.7 Å². The van der Waals surface area contributed by atoms with Gasteiger partial charge in [0.15, 0.2) is 0 Å². The van der Waals surface area contributed by atoms with Crippen molar-refractivity contribution < 1.29 is 4.79 Å². The van der Waals surface area contributed by atoms with Gasteiger partial charge in [0, 0.05) is 11.3 Å². The van der Waals surface area contributed by atoms with Crippen LogP contribution in [-0.4, -0.2) is 10.9 Å². The summed E-state index contributed by atoms with van der Waals surface area (Å²) in [6.07, 6.45) is 5.63. The lowest BCUT2D eigenvalue weighted by molar-refractivity contribution is -0.120. The molecule has 0 saturated heterocycles. The molecule has 1 aliphatic carbocycles. The van der Waals surface area contributed by atoms with Crippen LogP contribution in [0.5, 0.6) is 0 Å². The van der Waals surface area contributed by atoms with Crippen molar-refractivity contribution in [3.05, 3.63) is 36.4 Å². The van der Waals surface area contributed by atoms with Gasteiger partial charge < -0.3 is 5.32 Å². The van der Waals surface area contributed by atoms with Crippen molar-refractivity contribution in [1.82, 2.24) is 4.98 Å². The third-order valence-electron chi connectivity index (χ3n) is 3.83. The minimum absolute atomic E-state index is 0.127. The number of para-hydroxylation sites is 1. The van der Waals surface area contributed by atoms with E-state index in [9.17, 15) is 4.79 Å². The number of pyridine rings is 1. The van der Waals surface area contributed by atoms with E-state index in [1.807, 2.05) is 36.4 Å². The van der Waals surface area contributed by atoms with E-state index in [-0.39, 0.29) is 11.8 Å². The lowest BCUT2D eigenvalue weighted by Gasteiger charge is -2.20. The van der Waals surface area contributed by atoms with E-state index >= 15 is 0 Å². The average Bonchev–Trinajstić information content (AvgIpc) is 2.48. The van der Waals surface area contributed by atoms with Crippen molar-refractivity contribution in [1.29, 1.82) is 0 Å². The molecule has 1 aliphatic rings. The summed E-state index contributed by atoms with van der Waals surface area (Å²) in [6.45, 7) is 0. The number of nitrogens with one attached hydrogen (secondary N) is 1. The van der Waals surface area contributed by atoms with Gasteiger partial charge in [-0.25, -0.2) is 4.98 Å². The lowest BCUT2D eigenvalue weighted by Crippen LogP contribution is -2.25. The first-order valence-corrected chi connectivity index (χ1v) is 6.99. The number of benzene rings is 1. The highest BCUT2D eigenvalue weighted by atomic mass is 16.1. The Morgan fingerprint density at radius 3 is 2.68 bits per heavy atom. The van der Waals surface area contributed by atoms with Gasteiger partial charge in [0.25, 0.3) is 0 Å². The van der Waals surface area contributed by atoms with E-state index in [2.05, 4.69) is 10.3 Å². The molecular weight excluding hydrogens is 236 g/mol. The second-order valence-corrected chi connectivity index (χ2v) is 5.21. The predicted octanol–water partition coefficient (Wildman–Crippen LogP) is 3.75. The Balaban J connectivity index is 1.75. The van der Waals surface area contributed by atoms with Crippen LogP contribution in [0.4, 0.5) is 5.82 Å². The molecule has 0 aliphatic heterocycles. The van der Waals surface area contributed by atoms with Gasteiger partial charge in [-0.3, -0.25) is 4.79 Å². The Morgan fingerprint density at radius 1 is 1.05 bits per heavy atom. The van der Waals surface area contributed by atoms with Crippen LogP contribution in [0.2, 0.25) is 0 Å². The second-order valence-electron chi connectivity index (χ2n) is 5.21. The van der Waals surface area contributed by atoms with E-state index in [1.165, 1.54) is 19.3 Å². The molecule has 19 heavy (non-hydrogen) atoms. The molecule has 1 N–H and O–H groups in total. The maximum absolute atomic E-state index is 12.2. The molecule has 3 nitrogen and oxygen atoms in total. The summed E-state index contributed by atoms with van der Waals surface area (Å²) in [6, 6.07) is 11.8. The number of nitrogens with zero attached hydrogens (tertiary/aromatic N) is 1. The first kappa shape index (κ1) is 12.2. The van der Waals surface area contributed by atoms with Gasteiger partial charge in [-0.05, 0) is 31.0 Å². The highest BCUT2D eigenvalue weighted by Gasteiger charge is 2.21. The first-order valence-electron chi connectivity index (χ1n) is 6.99. The van der Waals surface area contributed by atoms with Crippen LogP contribution in [0.15, 0.2) is 36.4 Å². The minimum Gasteiger partial charge on any atom is -0.310 e.